The van der Waals surface area contributed by atoms with E-state index in [1.165, 1.54) is 12.1 Å². The Hall–Kier alpha value is -1.74. The summed E-state index contributed by atoms with van der Waals surface area (Å²) in [6, 6.07) is 3.43. The molecule has 0 bridgehead atoms. The van der Waals surface area contributed by atoms with E-state index in [0.29, 0.717) is 6.61 Å². The number of nitro groups is 2. The maximum atomic E-state index is 11.0. The molecule has 0 aromatic heterocycles. The minimum absolute atomic E-state index is 0. The first-order valence-corrected chi connectivity index (χ1v) is 7.29. The van der Waals surface area contributed by atoms with Crippen molar-refractivity contribution in [2.24, 2.45) is 0 Å². The van der Waals surface area contributed by atoms with Crippen LogP contribution in [0.2, 0.25) is 0 Å². The lowest BCUT2D eigenvalue weighted by Gasteiger charge is -2.35. The van der Waals surface area contributed by atoms with Crippen molar-refractivity contribution in [2.45, 2.75) is 20.8 Å². The molecule has 0 radical (unpaired) electrons. The summed E-state index contributed by atoms with van der Waals surface area (Å²) in [4.78, 5) is 20.4. The molecule has 0 heterocycles. The first-order chi connectivity index (χ1) is 10.4. The van der Waals surface area contributed by atoms with Crippen LogP contribution < -0.4 is 21.7 Å². The topological polar surface area (TPSA) is 95.5 Å². The van der Waals surface area contributed by atoms with Crippen LogP contribution >= 0.6 is 0 Å². The molecule has 23 heavy (non-hydrogen) atoms. The largest absolute Gasteiger partial charge is 1.00 e. The van der Waals surface area contributed by atoms with E-state index in [1.807, 2.05) is 0 Å². The van der Waals surface area contributed by atoms with Gasteiger partial charge in [0.25, 0.3) is 5.69 Å². The van der Waals surface area contributed by atoms with Crippen LogP contribution in [0.4, 0.5) is 11.4 Å². The molecule has 0 N–H and O–H groups in total. The van der Waals surface area contributed by atoms with Crippen molar-refractivity contribution in [1.29, 1.82) is 0 Å². The normalized spacial score (nSPS) is 10.7. The zero-order chi connectivity index (χ0) is 16.8. The predicted molar refractivity (Wildman–Crippen MR) is 82.0 cm³/mol. The first-order valence-electron chi connectivity index (χ1n) is 7.29. The molecule has 130 valence electrons. The Morgan fingerprint density at radius 3 is 2.04 bits per heavy atom. The molecule has 8 nitrogen and oxygen atoms in total. The fourth-order valence-corrected chi connectivity index (χ4v) is 2.38. The van der Waals surface area contributed by atoms with Crippen molar-refractivity contribution in [2.75, 3.05) is 32.8 Å². The highest BCUT2D eigenvalue weighted by Crippen LogP contribution is 2.31. The molecule has 1 rings (SSSR count). The zero-order valence-electron chi connectivity index (χ0n) is 13.5. The number of quaternary nitrogens is 1. The third-order valence-electron chi connectivity index (χ3n) is 4.19. The van der Waals surface area contributed by atoms with Gasteiger partial charge in [0, 0.05) is 6.07 Å². The van der Waals surface area contributed by atoms with Gasteiger partial charge in [-0.15, -0.1) is 0 Å². The monoisotopic (exact) mass is 391 g/mol. The van der Waals surface area contributed by atoms with Crippen molar-refractivity contribution in [1.82, 2.24) is 0 Å². The standard InChI is InChI=1S/C14H22N3O5.BrH/c1-4-17(5-2,6-3)9-10-22-14-8-7-12(15(18)19)11-13(14)16(20)21;/h7-8,11H,4-6,9-10H2,1-3H3;1H/q+1;/p-1. The summed E-state index contributed by atoms with van der Waals surface area (Å²) in [6.45, 7) is 10.2. The van der Waals surface area contributed by atoms with Gasteiger partial charge in [0.1, 0.15) is 13.2 Å². The van der Waals surface area contributed by atoms with Crippen LogP contribution in [0.15, 0.2) is 18.2 Å². The molecule has 0 fully saturated rings. The van der Waals surface area contributed by atoms with Gasteiger partial charge in [0.05, 0.1) is 35.5 Å². The predicted octanol–water partition coefficient (Wildman–Crippen LogP) is -0.238. The zero-order valence-corrected chi connectivity index (χ0v) is 15.1. The number of hydrogen-bond acceptors (Lipinski definition) is 5. The first kappa shape index (κ1) is 21.3. The van der Waals surface area contributed by atoms with Gasteiger partial charge in [-0.25, -0.2) is 0 Å². The van der Waals surface area contributed by atoms with Crippen molar-refractivity contribution >= 4 is 11.4 Å². The number of non-ortho nitro benzene ring substituents is 1. The second kappa shape index (κ2) is 9.41. The highest BCUT2D eigenvalue weighted by molar-refractivity contribution is 5.53. The van der Waals surface area contributed by atoms with E-state index < -0.39 is 9.85 Å². The van der Waals surface area contributed by atoms with Crippen LogP contribution in [0.5, 0.6) is 5.75 Å². The van der Waals surface area contributed by atoms with Crippen LogP contribution in [0.25, 0.3) is 0 Å². The Bertz CT molecular complexity index is 541. The van der Waals surface area contributed by atoms with E-state index in [-0.39, 0.29) is 34.1 Å². The number of halogens is 1. The summed E-state index contributed by atoms with van der Waals surface area (Å²) in [5.41, 5.74) is -0.698. The van der Waals surface area contributed by atoms with Crippen LogP contribution in [0.1, 0.15) is 20.8 Å². The molecular formula is C14H22BrN3O5. The number of likely N-dealkylation sites (N-methyl/N-ethyl adjacent to an activating group) is 1. The van der Waals surface area contributed by atoms with E-state index in [2.05, 4.69) is 20.8 Å². The summed E-state index contributed by atoms with van der Waals surface area (Å²) in [5, 5.41) is 21.7. The molecule has 9 heteroatoms. The molecule has 0 aliphatic carbocycles. The van der Waals surface area contributed by atoms with Crippen molar-refractivity contribution in [3.05, 3.63) is 38.4 Å². The Kier molecular flexibility index (Phi) is 8.70. The van der Waals surface area contributed by atoms with Crippen LogP contribution in [-0.4, -0.2) is 47.1 Å². The van der Waals surface area contributed by atoms with Gasteiger partial charge in [-0.2, -0.15) is 0 Å². The molecule has 0 aliphatic heterocycles. The van der Waals surface area contributed by atoms with Gasteiger partial charge < -0.3 is 26.2 Å². The summed E-state index contributed by atoms with van der Waals surface area (Å²) < 4.78 is 6.38. The number of rotatable bonds is 9. The van der Waals surface area contributed by atoms with Gasteiger partial charge >= 0.3 is 5.69 Å². The summed E-state index contributed by atoms with van der Waals surface area (Å²) >= 11 is 0. The maximum Gasteiger partial charge on any atom is 0.317 e. The van der Waals surface area contributed by atoms with Gasteiger partial charge in [-0.3, -0.25) is 20.2 Å². The maximum absolute atomic E-state index is 11.0. The van der Waals surface area contributed by atoms with E-state index in [9.17, 15) is 20.2 Å². The van der Waals surface area contributed by atoms with E-state index in [0.717, 1.165) is 36.7 Å². The average Bonchev–Trinajstić information content (AvgIpc) is 2.52. The third kappa shape index (κ3) is 5.43. The van der Waals surface area contributed by atoms with Crippen molar-refractivity contribution < 1.29 is 36.0 Å². The number of hydrogen-bond donors (Lipinski definition) is 0. The Labute approximate surface area is 145 Å². The second-order valence-electron chi connectivity index (χ2n) is 5.03. The molecule has 0 aliphatic rings. The minimum atomic E-state index is -0.663. The molecule has 1 aromatic rings. The van der Waals surface area contributed by atoms with Crippen molar-refractivity contribution in [3.8, 4) is 5.75 Å². The van der Waals surface area contributed by atoms with E-state index in [4.69, 9.17) is 4.74 Å². The van der Waals surface area contributed by atoms with Crippen LogP contribution in [0.3, 0.4) is 0 Å². The van der Waals surface area contributed by atoms with Gasteiger partial charge in [-0.1, -0.05) is 0 Å². The van der Waals surface area contributed by atoms with Crippen LogP contribution in [0, 0.1) is 20.2 Å². The van der Waals surface area contributed by atoms with E-state index in [1.54, 1.807) is 0 Å². The third-order valence-corrected chi connectivity index (χ3v) is 4.19. The number of benzene rings is 1. The highest BCUT2D eigenvalue weighted by Gasteiger charge is 2.23. The lowest BCUT2D eigenvalue weighted by molar-refractivity contribution is -0.923. The van der Waals surface area contributed by atoms with Gasteiger partial charge in [0.15, 0.2) is 5.75 Å². The summed E-state index contributed by atoms with van der Waals surface area (Å²) in [7, 11) is 0. The summed E-state index contributed by atoms with van der Waals surface area (Å²) in [5.74, 6) is 0.0667. The highest BCUT2D eigenvalue weighted by atomic mass is 79.9. The fourth-order valence-electron chi connectivity index (χ4n) is 2.38. The van der Waals surface area contributed by atoms with Crippen molar-refractivity contribution in [3.63, 3.8) is 0 Å². The molecule has 0 amide bonds. The molecule has 0 spiro atoms. The molecule has 0 saturated heterocycles. The Morgan fingerprint density at radius 1 is 1.04 bits per heavy atom. The van der Waals surface area contributed by atoms with Crippen LogP contribution in [-0.2, 0) is 0 Å². The molecular weight excluding hydrogens is 370 g/mol. The average molecular weight is 392 g/mol. The van der Waals surface area contributed by atoms with Gasteiger partial charge in [0.2, 0.25) is 0 Å². The lowest BCUT2D eigenvalue weighted by atomic mass is 10.2. The fraction of sp³-hybridized carbons (Fsp3) is 0.571. The number of nitro benzene ring substituents is 2. The molecule has 0 saturated carbocycles. The SMILES string of the molecule is CC[N+](CC)(CC)CCOc1ccc([N+](=O)[O-])cc1[N+](=O)[O-].[Br-]. The number of ether oxygens (including phenoxy) is 1. The Morgan fingerprint density at radius 2 is 1.61 bits per heavy atom. The smallest absolute Gasteiger partial charge is 0.317 e. The quantitative estimate of drug-likeness (QED) is 0.329. The minimum Gasteiger partial charge on any atom is -1.00 e. The lowest BCUT2D eigenvalue weighted by Crippen LogP contribution is -3.00. The summed E-state index contributed by atoms with van der Waals surface area (Å²) in [6.07, 6.45) is 0. The molecule has 0 atom stereocenters. The second-order valence-corrected chi connectivity index (χ2v) is 5.03. The van der Waals surface area contributed by atoms with E-state index >= 15 is 0 Å². The Balaban J connectivity index is 0.00000484. The number of nitrogens with zero attached hydrogens (tertiary/aromatic N) is 3. The molecule has 1 aromatic carbocycles. The molecule has 0 unspecified atom stereocenters. The van der Waals surface area contributed by atoms with Gasteiger partial charge in [-0.05, 0) is 26.8 Å².